The number of carbonyl (C=O) groups is 1. The van der Waals surface area contributed by atoms with E-state index in [2.05, 4.69) is 10.6 Å². The third-order valence-electron chi connectivity index (χ3n) is 6.71. The summed E-state index contributed by atoms with van der Waals surface area (Å²) in [5.41, 5.74) is 0.377. The molecule has 34 heavy (non-hydrogen) atoms. The molecule has 1 amide bonds. The van der Waals surface area contributed by atoms with E-state index in [4.69, 9.17) is 16.7 Å². The van der Waals surface area contributed by atoms with Crippen LogP contribution < -0.4 is 21.9 Å². The summed E-state index contributed by atoms with van der Waals surface area (Å²) < 4.78 is 4.04. The van der Waals surface area contributed by atoms with Crippen molar-refractivity contribution >= 4 is 34.8 Å². The van der Waals surface area contributed by atoms with Crippen LogP contribution in [-0.2, 0) is 24.3 Å². The van der Waals surface area contributed by atoms with E-state index in [9.17, 15) is 14.4 Å². The lowest BCUT2D eigenvalue weighted by atomic mass is 9.68. The fraction of sp³-hybridized carbons (Fsp3) is 0.167. The molecule has 2 aliphatic heterocycles. The van der Waals surface area contributed by atoms with Gasteiger partial charge >= 0.3 is 5.69 Å². The second kappa shape index (κ2) is 6.71. The van der Waals surface area contributed by atoms with E-state index in [-0.39, 0.29) is 11.4 Å². The van der Waals surface area contributed by atoms with Gasteiger partial charge in [0, 0.05) is 25.2 Å². The molecule has 1 spiro atoms. The number of para-hydroxylation sites is 2. The Morgan fingerprint density at radius 2 is 1.62 bits per heavy atom. The molecule has 0 fully saturated rings. The first-order valence-electron chi connectivity index (χ1n) is 10.6. The van der Waals surface area contributed by atoms with Crippen molar-refractivity contribution in [2.45, 2.75) is 12.3 Å². The van der Waals surface area contributed by atoms with Crippen LogP contribution in [0, 0.1) is 6.92 Å². The lowest BCUT2D eigenvalue weighted by Crippen LogP contribution is -2.50. The van der Waals surface area contributed by atoms with E-state index in [1.165, 1.54) is 11.6 Å². The Labute approximate surface area is 198 Å². The zero-order valence-corrected chi connectivity index (χ0v) is 19.3. The minimum absolute atomic E-state index is 0.152. The third-order valence-corrected chi connectivity index (χ3v) is 7.02. The molecule has 170 valence electrons. The van der Waals surface area contributed by atoms with Crippen molar-refractivity contribution < 1.29 is 4.79 Å². The van der Waals surface area contributed by atoms with Gasteiger partial charge in [0.1, 0.15) is 17.1 Å². The first-order chi connectivity index (χ1) is 16.3. The molecule has 2 aromatic carbocycles. The van der Waals surface area contributed by atoms with Gasteiger partial charge in [-0.1, -0.05) is 41.9 Å². The lowest BCUT2D eigenvalue weighted by Gasteiger charge is -2.35. The van der Waals surface area contributed by atoms with Crippen LogP contribution in [0.3, 0.4) is 0 Å². The zero-order valence-electron chi connectivity index (χ0n) is 18.5. The molecule has 0 aliphatic carbocycles. The molecule has 0 saturated carbocycles. The average Bonchev–Trinajstić information content (AvgIpc) is 3.32. The second-order valence-electron chi connectivity index (χ2n) is 8.48. The molecule has 1 unspecified atom stereocenters. The summed E-state index contributed by atoms with van der Waals surface area (Å²) in [7, 11) is 2.97. The van der Waals surface area contributed by atoms with Crippen LogP contribution in [0.4, 0.5) is 17.3 Å². The Bertz CT molecular complexity index is 1670. The number of rotatable bonds is 1. The number of aromatic nitrogens is 4. The van der Waals surface area contributed by atoms with Crippen LogP contribution in [0.1, 0.15) is 22.4 Å². The normalized spacial score (nSPS) is 17.7. The molecule has 0 radical (unpaired) electrons. The lowest BCUT2D eigenvalue weighted by molar-refractivity contribution is -0.118. The van der Waals surface area contributed by atoms with Crippen molar-refractivity contribution in [1.82, 2.24) is 18.9 Å². The topological polar surface area (TPSA) is 103 Å². The van der Waals surface area contributed by atoms with Gasteiger partial charge in [0.15, 0.2) is 0 Å². The fourth-order valence-corrected chi connectivity index (χ4v) is 5.42. The Hall–Kier alpha value is -4.11. The van der Waals surface area contributed by atoms with Gasteiger partial charge in [-0.2, -0.15) is 5.10 Å². The van der Waals surface area contributed by atoms with Crippen LogP contribution in [0.2, 0.25) is 5.02 Å². The molecule has 10 heteroatoms. The molecule has 4 heterocycles. The summed E-state index contributed by atoms with van der Waals surface area (Å²) in [6.07, 6.45) is 0. The van der Waals surface area contributed by atoms with Gasteiger partial charge < -0.3 is 10.6 Å². The Balaban J connectivity index is 1.84. The predicted octanol–water partition coefficient (Wildman–Crippen LogP) is 2.58. The van der Waals surface area contributed by atoms with Gasteiger partial charge in [0.25, 0.3) is 5.56 Å². The SMILES string of the molecule is Cc1nn(-c2ccccc2)c2c1C1(C(=O)Nc3c(Cl)cccc31)c1c(n(C)c(=O)n(C)c1=O)N2. The van der Waals surface area contributed by atoms with E-state index < -0.39 is 22.6 Å². The summed E-state index contributed by atoms with van der Waals surface area (Å²) in [5.74, 6) is 0.314. The molecule has 6 rings (SSSR count). The van der Waals surface area contributed by atoms with Crippen molar-refractivity contribution in [3.63, 3.8) is 0 Å². The van der Waals surface area contributed by atoms with Crippen molar-refractivity contribution in [1.29, 1.82) is 0 Å². The largest absolute Gasteiger partial charge is 0.332 e. The highest BCUT2D eigenvalue weighted by molar-refractivity contribution is 6.35. The van der Waals surface area contributed by atoms with E-state index in [0.717, 1.165) is 10.3 Å². The van der Waals surface area contributed by atoms with Gasteiger partial charge in [0.05, 0.1) is 27.7 Å². The molecule has 4 aromatic rings. The van der Waals surface area contributed by atoms with Gasteiger partial charge in [-0.3, -0.25) is 18.7 Å². The summed E-state index contributed by atoms with van der Waals surface area (Å²) in [5, 5.41) is 11.3. The number of amides is 1. The summed E-state index contributed by atoms with van der Waals surface area (Å²) >= 11 is 6.47. The van der Waals surface area contributed by atoms with Gasteiger partial charge in [-0.05, 0) is 25.1 Å². The van der Waals surface area contributed by atoms with Crippen LogP contribution in [0.25, 0.3) is 5.69 Å². The van der Waals surface area contributed by atoms with Crippen LogP contribution in [-0.4, -0.2) is 24.8 Å². The highest BCUT2D eigenvalue weighted by Crippen LogP contribution is 2.55. The number of carbonyl (C=O) groups excluding carboxylic acids is 1. The van der Waals surface area contributed by atoms with Crippen molar-refractivity contribution in [3.8, 4) is 5.69 Å². The monoisotopic (exact) mass is 474 g/mol. The Morgan fingerprint density at radius 3 is 2.35 bits per heavy atom. The molecule has 2 N–H and O–H groups in total. The summed E-state index contributed by atoms with van der Waals surface area (Å²) in [6.45, 7) is 1.80. The Kier molecular flexibility index (Phi) is 4.04. The Morgan fingerprint density at radius 1 is 0.882 bits per heavy atom. The fourth-order valence-electron chi connectivity index (χ4n) is 5.20. The van der Waals surface area contributed by atoms with Crippen molar-refractivity contribution in [3.05, 3.63) is 96.8 Å². The maximum absolute atomic E-state index is 14.0. The molecular weight excluding hydrogens is 456 g/mol. The predicted molar refractivity (Wildman–Crippen MR) is 128 cm³/mol. The van der Waals surface area contributed by atoms with E-state index in [1.54, 1.807) is 36.9 Å². The number of hydrogen-bond donors (Lipinski definition) is 2. The third kappa shape index (κ3) is 2.29. The first-order valence-corrected chi connectivity index (χ1v) is 11.0. The number of nitrogens with one attached hydrogen (secondary N) is 2. The molecule has 0 saturated heterocycles. The molecule has 0 bridgehead atoms. The van der Waals surface area contributed by atoms with Gasteiger partial charge in [-0.25, -0.2) is 9.48 Å². The average molecular weight is 475 g/mol. The van der Waals surface area contributed by atoms with Crippen LogP contribution in [0.5, 0.6) is 0 Å². The van der Waals surface area contributed by atoms with Crippen LogP contribution in [0.15, 0.2) is 58.1 Å². The number of aryl methyl sites for hydroxylation is 1. The minimum atomic E-state index is -1.55. The van der Waals surface area contributed by atoms with Crippen molar-refractivity contribution in [2.24, 2.45) is 14.1 Å². The molecule has 2 aliphatic rings. The molecular formula is C24H19ClN6O3. The second-order valence-corrected chi connectivity index (χ2v) is 8.88. The number of fused-ring (bicyclic) bond motifs is 6. The maximum atomic E-state index is 14.0. The van der Waals surface area contributed by atoms with E-state index in [1.807, 2.05) is 30.3 Å². The number of hydrogen-bond acceptors (Lipinski definition) is 5. The molecule has 2 aromatic heterocycles. The number of anilines is 3. The van der Waals surface area contributed by atoms with Gasteiger partial charge in [-0.15, -0.1) is 0 Å². The standard InChI is InChI=1S/C24H19ClN6O3/c1-12-16-20(31(28-12)13-8-5-4-6-9-13)27-19-17(21(32)30(3)23(34)29(19)2)24(16)14-10-7-11-15(25)18(14)26-22(24)33/h4-11,27H,1-3H3,(H,26,33). The number of nitrogens with zero attached hydrogens (tertiary/aromatic N) is 4. The van der Waals surface area contributed by atoms with Crippen molar-refractivity contribution in [2.75, 3.05) is 10.6 Å². The maximum Gasteiger partial charge on any atom is 0.332 e. The first kappa shape index (κ1) is 20.5. The van der Waals surface area contributed by atoms with E-state index in [0.29, 0.717) is 33.3 Å². The van der Waals surface area contributed by atoms with E-state index >= 15 is 0 Å². The highest BCUT2D eigenvalue weighted by atomic mass is 35.5. The molecule has 1 atom stereocenters. The highest BCUT2D eigenvalue weighted by Gasteiger charge is 2.58. The summed E-state index contributed by atoms with van der Waals surface area (Å²) in [6, 6.07) is 14.6. The molecule has 9 nitrogen and oxygen atoms in total. The minimum Gasteiger partial charge on any atom is -0.325 e. The number of benzene rings is 2. The van der Waals surface area contributed by atoms with Crippen LogP contribution >= 0.6 is 11.6 Å². The number of halogens is 1. The van der Waals surface area contributed by atoms with Gasteiger partial charge in [0.2, 0.25) is 5.91 Å². The smallest absolute Gasteiger partial charge is 0.325 e. The quantitative estimate of drug-likeness (QED) is 0.441. The zero-order chi connectivity index (χ0) is 23.9. The summed E-state index contributed by atoms with van der Waals surface area (Å²) in [4.78, 5) is 40.5.